The van der Waals surface area contributed by atoms with Crippen molar-refractivity contribution in [3.05, 3.63) is 52.6 Å². The smallest absolute Gasteiger partial charge is 0.163 e. The third-order valence-electron chi connectivity index (χ3n) is 2.56. The van der Waals surface area contributed by atoms with Gasteiger partial charge >= 0.3 is 0 Å². The first-order chi connectivity index (χ1) is 8.54. The zero-order chi connectivity index (χ0) is 13.1. The number of hydrogen-bond acceptors (Lipinski definition) is 3. The fourth-order valence-electron chi connectivity index (χ4n) is 1.72. The number of nitro groups is 1. The molecule has 2 aromatic rings. The summed E-state index contributed by atoms with van der Waals surface area (Å²) < 4.78 is 3.44. The van der Waals surface area contributed by atoms with Crippen LogP contribution >= 0.6 is 0 Å². The lowest BCUT2D eigenvalue weighted by atomic mass is 10.4. The molecule has 0 fully saturated rings. The normalized spacial score (nSPS) is 10.5. The molecule has 0 bridgehead atoms. The van der Waals surface area contributed by atoms with Crippen molar-refractivity contribution in [3.63, 3.8) is 0 Å². The van der Waals surface area contributed by atoms with Crippen LogP contribution in [-0.2, 0) is 13.3 Å². The van der Waals surface area contributed by atoms with Crippen LogP contribution in [0.1, 0.15) is 5.56 Å². The molecule has 0 atom stereocenters. The maximum absolute atomic E-state index is 11.0. The summed E-state index contributed by atoms with van der Waals surface area (Å²) in [5.74, 6) is 0. The number of nitrogens with two attached hydrogens (primary N) is 1. The Hall–Kier alpha value is -2.44. The second kappa shape index (κ2) is 4.82. The molecule has 18 heavy (non-hydrogen) atoms. The number of aryl methyl sites for hydroxylation is 1. The molecule has 96 valence electrons. The Morgan fingerprint density at radius 2 is 1.89 bits per heavy atom. The molecule has 0 radical (unpaired) electrons. The Labute approximate surface area is 104 Å². The third-order valence-corrected chi connectivity index (χ3v) is 2.56. The fourth-order valence-corrected chi connectivity index (χ4v) is 1.72. The van der Waals surface area contributed by atoms with Gasteiger partial charge in [0.2, 0.25) is 0 Å². The van der Waals surface area contributed by atoms with E-state index in [2.05, 4.69) is 0 Å². The molecule has 0 unspecified atom stereocenters. The lowest BCUT2D eigenvalue weighted by Crippen LogP contribution is -2.33. The number of rotatable bonds is 5. The molecule has 2 heterocycles. The largest absolute Gasteiger partial charge is 0.398 e. The number of nitrogen functional groups attached to an aromatic ring is 1. The molecular weight excluding hydrogens is 234 g/mol. The van der Waals surface area contributed by atoms with Gasteiger partial charge < -0.3 is 14.9 Å². The second-order valence-corrected chi connectivity index (χ2v) is 4.19. The summed E-state index contributed by atoms with van der Waals surface area (Å²) in [4.78, 5) is 11.0. The van der Waals surface area contributed by atoms with E-state index in [9.17, 15) is 10.1 Å². The maximum atomic E-state index is 11.0. The van der Waals surface area contributed by atoms with Crippen LogP contribution in [-0.4, -0.2) is 19.2 Å². The highest BCUT2D eigenvalue weighted by Crippen LogP contribution is 2.06. The van der Waals surface area contributed by atoms with Crippen molar-refractivity contribution in [2.24, 2.45) is 0 Å². The number of anilines is 1. The van der Waals surface area contributed by atoms with Gasteiger partial charge in [-0.15, -0.1) is 0 Å². The summed E-state index contributed by atoms with van der Waals surface area (Å²) in [7, 11) is 0. The summed E-state index contributed by atoms with van der Waals surface area (Å²) in [5, 5.41) is 11.7. The molecule has 0 saturated heterocycles. The average Bonchev–Trinajstić information content (AvgIpc) is 2.87. The average molecular weight is 249 g/mol. The first-order valence-corrected chi connectivity index (χ1v) is 5.47. The van der Waals surface area contributed by atoms with Crippen molar-refractivity contribution in [2.45, 2.75) is 20.3 Å². The van der Waals surface area contributed by atoms with Crippen LogP contribution in [0, 0.1) is 17.0 Å². The van der Waals surface area contributed by atoms with Crippen molar-refractivity contribution in [1.82, 2.24) is 14.1 Å². The van der Waals surface area contributed by atoms with Gasteiger partial charge in [-0.3, -0.25) is 0 Å². The number of hydrazine groups is 1. The third kappa shape index (κ3) is 2.82. The Bertz CT molecular complexity index is 503. The minimum Gasteiger partial charge on any atom is -0.398 e. The maximum Gasteiger partial charge on any atom is 0.163 e. The predicted molar refractivity (Wildman–Crippen MR) is 66.8 cm³/mol. The van der Waals surface area contributed by atoms with Gasteiger partial charge in [0.1, 0.15) is 0 Å². The standard InChI is InChI=1S/C11H15N5O2/c1-10-2-4-13(6-10)8-15(16(17)18)9-14-5-3-11(12)7-14/h2-7H,8-9,12H2,1H3. The SMILES string of the molecule is Cc1ccn(CN(Cn2ccc(N)c2)[N+](=O)[O-])c1. The van der Waals surface area contributed by atoms with Crippen LogP contribution < -0.4 is 5.73 Å². The number of aromatic nitrogens is 2. The van der Waals surface area contributed by atoms with Crippen LogP contribution in [0.4, 0.5) is 5.69 Å². The summed E-state index contributed by atoms with van der Waals surface area (Å²) >= 11 is 0. The molecule has 0 aromatic carbocycles. The van der Waals surface area contributed by atoms with Crippen molar-refractivity contribution < 1.29 is 5.03 Å². The first-order valence-electron chi connectivity index (χ1n) is 5.47. The van der Waals surface area contributed by atoms with Crippen LogP contribution in [0.3, 0.4) is 0 Å². The molecule has 0 aliphatic carbocycles. The molecule has 0 aliphatic rings. The lowest BCUT2D eigenvalue weighted by Gasteiger charge is -2.15. The van der Waals surface area contributed by atoms with Gasteiger partial charge in [0, 0.05) is 30.5 Å². The van der Waals surface area contributed by atoms with Crippen molar-refractivity contribution in [1.29, 1.82) is 0 Å². The quantitative estimate of drug-likeness (QED) is 0.639. The van der Waals surface area contributed by atoms with E-state index in [1.165, 1.54) is 0 Å². The van der Waals surface area contributed by atoms with Gasteiger partial charge in [0.15, 0.2) is 18.4 Å². The van der Waals surface area contributed by atoms with E-state index in [-0.39, 0.29) is 13.3 Å². The van der Waals surface area contributed by atoms with Gasteiger partial charge in [0.25, 0.3) is 0 Å². The first kappa shape index (κ1) is 12.0. The van der Waals surface area contributed by atoms with E-state index in [4.69, 9.17) is 5.73 Å². The van der Waals surface area contributed by atoms with Crippen LogP contribution in [0.25, 0.3) is 0 Å². The highest BCUT2D eigenvalue weighted by Gasteiger charge is 2.15. The summed E-state index contributed by atoms with van der Waals surface area (Å²) in [6.07, 6.45) is 7.06. The van der Waals surface area contributed by atoms with E-state index in [1.54, 1.807) is 27.6 Å². The Balaban J connectivity index is 2.06. The minimum atomic E-state index is -0.411. The molecule has 0 spiro atoms. The molecule has 2 aromatic heterocycles. The monoisotopic (exact) mass is 249 g/mol. The highest BCUT2D eigenvalue weighted by molar-refractivity contribution is 5.34. The van der Waals surface area contributed by atoms with Crippen molar-refractivity contribution in [3.8, 4) is 0 Å². The zero-order valence-electron chi connectivity index (χ0n) is 10.1. The zero-order valence-corrected chi connectivity index (χ0v) is 10.1. The van der Waals surface area contributed by atoms with Crippen molar-refractivity contribution >= 4 is 5.69 Å². The van der Waals surface area contributed by atoms with E-state index in [0.29, 0.717) is 5.69 Å². The van der Waals surface area contributed by atoms with Crippen LogP contribution in [0.5, 0.6) is 0 Å². The molecule has 7 nitrogen and oxygen atoms in total. The van der Waals surface area contributed by atoms with E-state index < -0.39 is 5.03 Å². The molecule has 0 aliphatic heterocycles. The summed E-state index contributed by atoms with van der Waals surface area (Å²) in [6.45, 7) is 2.29. The number of nitrogens with zero attached hydrogens (tertiary/aromatic N) is 4. The molecule has 0 saturated carbocycles. The highest BCUT2D eigenvalue weighted by atomic mass is 16.7. The summed E-state index contributed by atoms with van der Waals surface area (Å²) in [5.41, 5.74) is 7.24. The van der Waals surface area contributed by atoms with E-state index in [0.717, 1.165) is 10.6 Å². The van der Waals surface area contributed by atoms with Crippen molar-refractivity contribution in [2.75, 3.05) is 5.73 Å². The Morgan fingerprint density at radius 3 is 2.33 bits per heavy atom. The van der Waals surface area contributed by atoms with Crippen LogP contribution in [0.2, 0.25) is 0 Å². The van der Waals surface area contributed by atoms with E-state index in [1.807, 2.05) is 25.4 Å². The summed E-state index contributed by atoms with van der Waals surface area (Å²) in [6, 6.07) is 3.61. The van der Waals surface area contributed by atoms with Gasteiger partial charge in [-0.25, -0.2) is 10.1 Å². The predicted octanol–water partition coefficient (Wildman–Crippen LogP) is 1.29. The minimum absolute atomic E-state index is 0.154. The fraction of sp³-hybridized carbons (Fsp3) is 0.273. The van der Waals surface area contributed by atoms with Gasteiger partial charge in [-0.2, -0.15) is 0 Å². The molecular formula is C11H15N5O2. The molecule has 2 rings (SSSR count). The lowest BCUT2D eigenvalue weighted by molar-refractivity contribution is -0.670. The molecule has 2 N–H and O–H groups in total. The molecule has 7 heteroatoms. The topological polar surface area (TPSA) is 82.3 Å². The van der Waals surface area contributed by atoms with Gasteiger partial charge in [-0.1, -0.05) is 5.01 Å². The van der Waals surface area contributed by atoms with Gasteiger partial charge in [-0.05, 0) is 24.6 Å². The Morgan fingerprint density at radius 1 is 1.28 bits per heavy atom. The number of hydrogen-bond donors (Lipinski definition) is 1. The van der Waals surface area contributed by atoms with Gasteiger partial charge in [0.05, 0.1) is 0 Å². The second-order valence-electron chi connectivity index (χ2n) is 4.19. The Kier molecular flexibility index (Phi) is 3.22. The molecule has 0 amide bonds. The van der Waals surface area contributed by atoms with Crippen LogP contribution in [0.15, 0.2) is 36.9 Å². The van der Waals surface area contributed by atoms with E-state index >= 15 is 0 Å².